The van der Waals surface area contributed by atoms with Gasteiger partial charge in [0.05, 0.1) is 6.04 Å². The zero-order valence-electron chi connectivity index (χ0n) is 14.9. The van der Waals surface area contributed by atoms with Crippen molar-refractivity contribution in [3.05, 3.63) is 57.8 Å². The van der Waals surface area contributed by atoms with E-state index in [2.05, 4.69) is 34.2 Å². The van der Waals surface area contributed by atoms with Crippen LogP contribution in [0.1, 0.15) is 48.7 Å². The lowest BCUT2D eigenvalue weighted by molar-refractivity contribution is -0.131. The van der Waals surface area contributed by atoms with E-state index >= 15 is 0 Å². The van der Waals surface area contributed by atoms with E-state index in [9.17, 15) is 9.59 Å². The number of hydrogen-bond donors (Lipinski definition) is 2. The van der Waals surface area contributed by atoms with Crippen molar-refractivity contribution >= 4 is 12.0 Å². The standard InChI is InChI=1S/C20H24N4O2/c1-13-5-7-14(8-6-13)3-2-4-17(25)24-12-11-16(15-9-10-15)18(24)19-21-20(26)23-22-19/h2-3,5-8,15-16,18H,4,9-12H2,1H3,(H2,21,22,23,26)/b3-2+. The molecule has 2 N–H and O–H groups in total. The van der Waals surface area contributed by atoms with Gasteiger partial charge in [-0.2, -0.15) is 5.10 Å². The Labute approximate surface area is 152 Å². The third-order valence-corrected chi connectivity index (χ3v) is 5.47. The van der Waals surface area contributed by atoms with E-state index in [4.69, 9.17) is 0 Å². The van der Waals surface area contributed by atoms with Crippen LogP contribution < -0.4 is 5.69 Å². The summed E-state index contributed by atoms with van der Waals surface area (Å²) in [4.78, 5) is 29.0. The number of likely N-dealkylation sites (tertiary alicyclic amines) is 1. The number of benzene rings is 1. The molecular formula is C20H24N4O2. The smallest absolute Gasteiger partial charge is 0.332 e. The van der Waals surface area contributed by atoms with Crippen molar-refractivity contribution in [3.63, 3.8) is 0 Å². The van der Waals surface area contributed by atoms with Crippen molar-refractivity contribution in [2.75, 3.05) is 6.54 Å². The van der Waals surface area contributed by atoms with Crippen LogP contribution in [-0.2, 0) is 4.79 Å². The van der Waals surface area contributed by atoms with Gasteiger partial charge in [0.2, 0.25) is 5.91 Å². The minimum atomic E-state index is -0.312. The Balaban J connectivity index is 1.47. The van der Waals surface area contributed by atoms with E-state index in [-0.39, 0.29) is 17.6 Å². The van der Waals surface area contributed by atoms with Crippen molar-refractivity contribution in [1.29, 1.82) is 0 Å². The lowest BCUT2D eigenvalue weighted by Crippen LogP contribution is -2.33. The molecule has 2 unspecified atom stereocenters. The van der Waals surface area contributed by atoms with Crippen LogP contribution in [-0.4, -0.2) is 32.5 Å². The molecule has 2 aliphatic rings. The first-order valence-corrected chi connectivity index (χ1v) is 9.29. The van der Waals surface area contributed by atoms with Gasteiger partial charge in [-0.25, -0.2) is 9.89 Å². The number of carbonyl (C=O) groups is 1. The van der Waals surface area contributed by atoms with Gasteiger partial charge in [-0.05, 0) is 43.6 Å². The first-order chi connectivity index (χ1) is 12.6. The molecule has 4 rings (SSSR count). The van der Waals surface area contributed by atoms with E-state index < -0.39 is 0 Å². The average molecular weight is 352 g/mol. The largest absolute Gasteiger partial charge is 0.340 e. The summed E-state index contributed by atoms with van der Waals surface area (Å²) < 4.78 is 0. The van der Waals surface area contributed by atoms with Crippen molar-refractivity contribution in [2.24, 2.45) is 11.8 Å². The van der Waals surface area contributed by atoms with Crippen molar-refractivity contribution in [2.45, 2.75) is 38.6 Å². The maximum atomic E-state index is 12.8. The number of hydrogen-bond acceptors (Lipinski definition) is 3. The molecule has 6 heteroatoms. The van der Waals surface area contributed by atoms with Crippen LogP contribution >= 0.6 is 0 Å². The second-order valence-electron chi connectivity index (χ2n) is 7.40. The molecule has 1 saturated heterocycles. The van der Waals surface area contributed by atoms with Gasteiger partial charge in [0.1, 0.15) is 0 Å². The highest BCUT2D eigenvalue weighted by molar-refractivity contribution is 5.79. The zero-order chi connectivity index (χ0) is 18.1. The molecule has 2 heterocycles. The number of rotatable bonds is 5. The van der Waals surface area contributed by atoms with E-state index in [1.165, 1.54) is 18.4 Å². The Kier molecular flexibility index (Phi) is 4.49. The van der Waals surface area contributed by atoms with Crippen LogP contribution in [0.3, 0.4) is 0 Å². The van der Waals surface area contributed by atoms with E-state index in [1.54, 1.807) is 0 Å². The first-order valence-electron chi connectivity index (χ1n) is 9.29. The number of aryl methyl sites for hydroxylation is 1. The molecule has 1 aromatic heterocycles. The third-order valence-electron chi connectivity index (χ3n) is 5.47. The quantitative estimate of drug-likeness (QED) is 0.868. The van der Waals surface area contributed by atoms with Gasteiger partial charge in [0.25, 0.3) is 0 Å². The highest BCUT2D eigenvalue weighted by Gasteiger charge is 2.46. The third kappa shape index (κ3) is 3.49. The molecule has 0 bridgehead atoms. The van der Waals surface area contributed by atoms with Crippen LogP contribution in [0.15, 0.2) is 35.1 Å². The van der Waals surface area contributed by atoms with Gasteiger partial charge < -0.3 is 4.90 Å². The molecule has 1 aliphatic carbocycles. The Morgan fingerprint density at radius 1 is 1.27 bits per heavy atom. The molecule has 26 heavy (non-hydrogen) atoms. The Morgan fingerprint density at radius 3 is 2.69 bits per heavy atom. The summed E-state index contributed by atoms with van der Waals surface area (Å²) in [5.74, 6) is 1.74. The van der Waals surface area contributed by atoms with Gasteiger partial charge in [0.15, 0.2) is 5.82 Å². The Hall–Kier alpha value is -2.63. The summed E-state index contributed by atoms with van der Waals surface area (Å²) in [5.41, 5.74) is 2.00. The van der Waals surface area contributed by atoms with Crippen molar-refractivity contribution in [3.8, 4) is 0 Å². The SMILES string of the molecule is Cc1ccc(/C=C/CC(=O)N2CCC(C3CC3)C2c2n[nH]c(=O)[nH]2)cc1. The van der Waals surface area contributed by atoms with Gasteiger partial charge in [-0.3, -0.25) is 9.78 Å². The highest BCUT2D eigenvalue weighted by Crippen LogP contribution is 2.49. The summed E-state index contributed by atoms with van der Waals surface area (Å²) in [7, 11) is 0. The molecule has 0 radical (unpaired) electrons. The Bertz CT molecular complexity index is 860. The molecule has 1 aromatic carbocycles. The molecule has 1 saturated carbocycles. The fourth-order valence-corrected chi connectivity index (χ4v) is 3.98. The molecule has 1 aliphatic heterocycles. The van der Waals surface area contributed by atoms with E-state index in [0.29, 0.717) is 24.1 Å². The lowest BCUT2D eigenvalue weighted by atomic mass is 9.94. The molecule has 2 atom stereocenters. The number of H-pyrrole nitrogens is 2. The average Bonchev–Trinajstić information content (AvgIpc) is 3.23. The monoisotopic (exact) mass is 352 g/mol. The second-order valence-corrected chi connectivity index (χ2v) is 7.40. The van der Waals surface area contributed by atoms with E-state index in [1.807, 2.05) is 29.2 Å². The van der Waals surface area contributed by atoms with Crippen LogP contribution in [0.5, 0.6) is 0 Å². The molecule has 6 nitrogen and oxygen atoms in total. The number of amides is 1. The summed E-state index contributed by atoms with van der Waals surface area (Å²) >= 11 is 0. The molecule has 1 amide bonds. The number of aromatic nitrogens is 3. The summed E-state index contributed by atoms with van der Waals surface area (Å²) in [6.07, 6.45) is 7.67. The van der Waals surface area contributed by atoms with Crippen LogP contribution in [0.4, 0.5) is 0 Å². The minimum absolute atomic E-state index is 0.0883. The van der Waals surface area contributed by atoms with Gasteiger partial charge in [-0.1, -0.05) is 42.0 Å². The highest BCUT2D eigenvalue weighted by atomic mass is 16.2. The van der Waals surface area contributed by atoms with Crippen molar-refractivity contribution in [1.82, 2.24) is 20.1 Å². The molecule has 136 valence electrons. The normalized spacial score (nSPS) is 23.0. The fraction of sp³-hybridized carbons (Fsp3) is 0.450. The number of carbonyl (C=O) groups excluding carboxylic acids is 1. The zero-order valence-corrected chi connectivity index (χ0v) is 14.9. The summed E-state index contributed by atoms with van der Waals surface area (Å²) in [6.45, 7) is 2.79. The van der Waals surface area contributed by atoms with Crippen LogP contribution in [0.25, 0.3) is 6.08 Å². The topological polar surface area (TPSA) is 81.8 Å². The minimum Gasteiger partial charge on any atom is -0.332 e. The van der Waals surface area contributed by atoms with Gasteiger partial charge in [0, 0.05) is 13.0 Å². The summed E-state index contributed by atoms with van der Waals surface area (Å²) in [5, 5.41) is 6.56. The maximum absolute atomic E-state index is 12.8. The van der Waals surface area contributed by atoms with E-state index in [0.717, 1.165) is 18.5 Å². The number of nitrogens with zero attached hydrogens (tertiary/aromatic N) is 2. The molecule has 0 spiro atoms. The maximum Gasteiger partial charge on any atom is 0.340 e. The number of nitrogens with one attached hydrogen (secondary N) is 2. The predicted molar refractivity (Wildman–Crippen MR) is 99.3 cm³/mol. The van der Waals surface area contributed by atoms with Gasteiger partial charge in [-0.15, -0.1) is 0 Å². The predicted octanol–water partition coefficient (Wildman–Crippen LogP) is 2.81. The van der Waals surface area contributed by atoms with Crippen LogP contribution in [0, 0.1) is 18.8 Å². The number of aromatic amines is 2. The molecule has 2 fully saturated rings. The van der Waals surface area contributed by atoms with Crippen LogP contribution in [0.2, 0.25) is 0 Å². The van der Waals surface area contributed by atoms with Crippen molar-refractivity contribution < 1.29 is 4.79 Å². The fourth-order valence-electron chi connectivity index (χ4n) is 3.98. The lowest BCUT2D eigenvalue weighted by Gasteiger charge is -2.26. The summed E-state index contributed by atoms with van der Waals surface area (Å²) in [6, 6.07) is 8.11. The molecular weight excluding hydrogens is 328 g/mol. The van der Waals surface area contributed by atoms with Gasteiger partial charge >= 0.3 is 5.69 Å². The first kappa shape index (κ1) is 16.8. The molecule has 2 aromatic rings. The second kappa shape index (κ2) is 6.94. The Morgan fingerprint density at radius 2 is 2.04 bits per heavy atom.